The second-order valence-corrected chi connectivity index (χ2v) is 7.19. The number of hydrogen-bond donors (Lipinski definition) is 0. The van der Waals surface area contributed by atoms with E-state index in [9.17, 15) is 4.79 Å². The Kier molecular flexibility index (Phi) is 8.75. The standard InChI is InChI=1S/C19H30OS/c1-5-7-15(3)8-11-17(6-2)19(20)14-21-18-12-9-16(4)10-13-18/h9-10,12-13,15,17H,5-8,11,14H2,1-4H3. The molecule has 2 unspecified atom stereocenters. The Morgan fingerprint density at radius 1 is 1.10 bits per heavy atom. The molecule has 0 fully saturated rings. The van der Waals surface area contributed by atoms with Crippen LogP contribution in [0.3, 0.4) is 0 Å². The van der Waals surface area contributed by atoms with Gasteiger partial charge in [0.25, 0.3) is 0 Å². The lowest BCUT2D eigenvalue weighted by molar-refractivity contribution is -0.120. The molecule has 118 valence electrons. The number of ketones is 1. The first kappa shape index (κ1) is 18.3. The molecule has 0 aromatic heterocycles. The first-order chi connectivity index (χ1) is 10.1. The third kappa shape index (κ3) is 7.17. The molecule has 0 N–H and O–H groups in total. The molecule has 1 aromatic carbocycles. The van der Waals surface area contributed by atoms with Gasteiger partial charge in [-0.05, 0) is 37.8 Å². The van der Waals surface area contributed by atoms with Crippen molar-refractivity contribution in [2.75, 3.05) is 5.75 Å². The average Bonchev–Trinajstić information content (AvgIpc) is 2.47. The molecular formula is C19H30OS. The molecule has 0 heterocycles. The SMILES string of the molecule is CCCC(C)CCC(CC)C(=O)CSc1ccc(C)cc1. The summed E-state index contributed by atoms with van der Waals surface area (Å²) in [6.07, 6.45) is 5.75. The van der Waals surface area contributed by atoms with Crippen molar-refractivity contribution in [1.29, 1.82) is 0 Å². The molecular weight excluding hydrogens is 276 g/mol. The molecule has 0 saturated heterocycles. The third-order valence-electron chi connectivity index (χ3n) is 4.14. The molecule has 2 heteroatoms. The number of rotatable bonds is 10. The second-order valence-electron chi connectivity index (χ2n) is 6.14. The predicted octanol–water partition coefficient (Wildman–Crippen LogP) is 5.90. The Morgan fingerprint density at radius 3 is 2.33 bits per heavy atom. The highest BCUT2D eigenvalue weighted by Gasteiger charge is 2.17. The van der Waals surface area contributed by atoms with E-state index in [2.05, 4.69) is 52.0 Å². The van der Waals surface area contributed by atoms with Crippen molar-refractivity contribution in [3.8, 4) is 0 Å². The summed E-state index contributed by atoms with van der Waals surface area (Å²) in [5, 5.41) is 0. The van der Waals surface area contributed by atoms with Crippen LogP contribution in [0.1, 0.15) is 58.4 Å². The van der Waals surface area contributed by atoms with Gasteiger partial charge < -0.3 is 0 Å². The van der Waals surface area contributed by atoms with Gasteiger partial charge >= 0.3 is 0 Å². The monoisotopic (exact) mass is 306 g/mol. The quantitative estimate of drug-likeness (QED) is 0.501. The summed E-state index contributed by atoms with van der Waals surface area (Å²) in [5.41, 5.74) is 1.27. The summed E-state index contributed by atoms with van der Waals surface area (Å²) in [7, 11) is 0. The molecule has 0 saturated carbocycles. The molecule has 1 aromatic rings. The average molecular weight is 307 g/mol. The molecule has 1 nitrogen and oxygen atoms in total. The van der Waals surface area contributed by atoms with Crippen molar-refractivity contribution in [3.63, 3.8) is 0 Å². The summed E-state index contributed by atoms with van der Waals surface area (Å²) >= 11 is 1.68. The first-order valence-electron chi connectivity index (χ1n) is 8.29. The highest BCUT2D eigenvalue weighted by molar-refractivity contribution is 8.00. The van der Waals surface area contributed by atoms with E-state index in [0.717, 1.165) is 18.8 Å². The van der Waals surface area contributed by atoms with Crippen LogP contribution in [0.4, 0.5) is 0 Å². The van der Waals surface area contributed by atoms with Gasteiger partial charge in [-0.25, -0.2) is 0 Å². The fraction of sp³-hybridized carbons (Fsp3) is 0.632. The Bertz CT molecular complexity index is 410. The lowest BCUT2D eigenvalue weighted by Gasteiger charge is -2.16. The smallest absolute Gasteiger partial charge is 0.146 e. The van der Waals surface area contributed by atoms with Crippen LogP contribution in [-0.2, 0) is 4.79 Å². The topological polar surface area (TPSA) is 17.1 Å². The summed E-state index contributed by atoms with van der Waals surface area (Å²) in [6, 6.07) is 8.43. The van der Waals surface area contributed by atoms with Gasteiger partial charge in [0.05, 0.1) is 5.75 Å². The maximum absolute atomic E-state index is 12.4. The van der Waals surface area contributed by atoms with Crippen molar-refractivity contribution in [2.24, 2.45) is 11.8 Å². The Morgan fingerprint density at radius 2 is 1.76 bits per heavy atom. The van der Waals surface area contributed by atoms with E-state index in [4.69, 9.17) is 0 Å². The van der Waals surface area contributed by atoms with E-state index in [0.29, 0.717) is 11.5 Å². The van der Waals surface area contributed by atoms with E-state index in [1.807, 2.05) is 0 Å². The summed E-state index contributed by atoms with van der Waals surface area (Å²) in [5.74, 6) is 2.04. The Labute approximate surface area is 134 Å². The zero-order valence-electron chi connectivity index (χ0n) is 14.0. The van der Waals surface area contributed by atoms with Crippen LogP contribution in [0.2, 0.25) is 0 Å². The number of Topliss-reactive ketones (excluding diaryl/α,β-unsaturated/α-hetero) is 1. The molecule has 0 amide bonds. The largest absolute Gasteiger partial charge is 0.298 e. The minimum absolute atomic E-state index is 0.252. The normalized spacial score (nSPS) is 13.9. The van der Waals surface area contributed by atoms with Crippen LogP contribution in [0, 0.1) is 18.8 Å². The number of carbonyl (C=O) groups is 1. The summed E-state index contributed by atoms with van der Waals surface area (Å²) in [6.45, 7) is 8.77. The first-order valence-corrected chi connectivity index (χ1v) is 9.27. The van der Waals surface area contributed by atoms with Crippen LogP contribution in [0.15, 0.2) is 29.2 Å². The van der Waals surface area contributed by atoms with E-state index in [1.165, 1.54) is 29.7 Å². The van der Waals surface area contributed by atoms with Gasteiger partial charge in [0.1, 0.15) is 5.78 Å². The fourth-order valence-electron chi connectivity index (χ4n) is 2.62. The molecule has 0 aliphatic carbocycles. The fourth-order valence-corrected chi connectivity index (χ4v) is 3.50. The molecule has 1 rings (SSSR count). The van der Waals surface area contributed by atoms with Crippen molar-refractivity contribution in [3.05, 3.63) is 29.8 Å². The molecule has 0 aliphatic heterocycles. The number of thioether (sulfide) groups is 1. The number of aryl methyl sites for hydroxylation is 1. The number of benzene rings is 1. The van der Waals surface area contributed by atoms with Gasteiger partial charge in [0.15, 0.2) is 0 Å². The van der Waals surface area contributed by atoms with Gasteiger partial charge in [-0.15, -0.1) is 11.8 Å². The van der Waals surface area contributed by atoms with Crippen LogP contribution in [0.25, 0.3) is 0 Å². The zero-order chi connectivity index (χ0) is 15.7. The summed E-state index contributed by atoms with van der Waals surface area (Å²) in [4.78, 5) is 13.6. The molecule has 0 spiro atoms. The van der Waals surface area contributed by atoms with E-state index in [1.54, 1.807) is 11.8 Å². The van der Waals surface area contributed by atoms with E-state index < -0.39 is 0 Å². The lowest BCUT2D eigenvalue weighted by atomic mass is 9.90. The van der Waals surface area contributed by atoms with Gasteiger partial charge in [0, 0.05) is 10.8 Å². The molecule has 2 atom stereocenters. The molecule has 21 heavy (non-hydrogen) atoms. The van der Waals surface area contributed by atoms with Gasteiger partial charge in [0.2, 0.25) is 0 Å². The van der Waals surface area contributed by atoms with Crippen molar-refractivity contribution in [1.82, 2.24) is 0 Å². The number of hydrogen-bond acceptors (Lipinski definition) is 2. The predicted molar refractivity (Wildman–Crippen MR) is 94.0 cm³/mol. The summed E-state index contributed by atoms with van der Waals surface area (Å²) < 4.78 is 0. The molecule has 0 radical (unpaired) electrons. The van der Waals surface area contributed by atoms with Gasteiger partial charge in [-0.3, -0.25) is 4.79 Å². The maximum Gasteiger partial charge on any atom is 0.146 e. The van der Waals surface area contributed by atoms with Crippen LogP contribution in [-0.4, -0.2) is 11.5 Å². The highest BCUT2D eigenvalue weighted by atomic mass is 32.2. The van der Waals surface area contributed by atoms with Gasteiger partial charge in [-0.1, -0.05) is 57.7 Å². The highest BCUT2D eigenvalue weighted by Crippen LogP contribution is 2.24. The minimum atomic E-state index is 0.252. The Balaban J connectivity index is 2.38. The Hall–Kier alpha value is -0.760. The third-order valence-corrected chi connectivity index (χ3v) is 5.17. The van der Waals surface area contributed by atoms with E-state index >= 15 is 0 Å². The van der Waals surface area contributed by atoms with Crippen LogP contribution >= 0.6 is 11.8 Å². The minimum Gasteiger partial charge on any atom is -0.298 e. The van der Waals surface area contributed by atoms with Crippen molar-refractivity contribution in [2.45, 2.75) is 64.7 Å². The molecule has 0 bridgehead atoms. The maximum atomic E-state index is 12.4. The van der Waals surface area contributed by atoms with Crippen LogP contribution < -0.4 is 0 Å². The zero-order valence-corrected chi connectivity index (χ0v) is 14.8. The van der Waals surface area contributed by atoms with Crippen molar-refractivity contribution >= 4 is 17.5 Å². The lowest BCUT2D eigenvalue weighted by Crippen LogP contribution is -2.17. The number of carbonyl (C=O) groups excluding carboxylic acids is 1. The van der Waals surface area contributed by atoms with E-state index in [-0.39, 0.29) is 5.92 Å². The van der Waals surface area contributed by atoms with Gasteiger partial charge in [-0.2, -0.15) is 0 Å². The second kappa shape index (κ2) is 10.0. The van der Waals surface area contributed by atoms with Crippen molar-refractivity contribution < 1.29 is 4.79 Å². The van der Waals surface area contributed by atoms with Crippen LogP contribution in [0.5, 0.6) is 0 Å². The molecule has 0 aliphatic rings.